The van der Waals surface area contributed by atoms with Crippen LogP contribution in [0.25, 0.3) is 0 Å². The highest BCUT2D eigenvalue weighted by Gasteiger charge is 2.28. The maximum Gasteiger partial charge on any atom is 0.191 e. The van der Waals surface area contributed by atoms with Crippen molar-refractivity contribution < 1.29 is 8.42 Å². The van der Waals surface area contributed by atoms with Gasteiger partial charge >= 0.3 is 0 Å². The van der Waals surface area contributed by atoms with E-state index in [-0.39, 0.29) is 5.92 Å². The van der Waals surface area contributed by atoms with E-state index >= 15 is 0 Å². The van der Waals surface area contributed by atoms with Gasteiger partial charge in [-0.25, -0.2) is 8.42 Å². The SMILES string of the molecule is CCNC(=NCC1CCS(=O)(=O)C1)NC1CCC(SC)C1. The van der Waals surface area contributed by atoms with Crippen LogP contribution in [0, 0.1) is 5.92 Å². The molecule has 3 unspecified atom stereocenters. The molecule has 1 aliphatic carbocycles. The lowest BCUT2D eigenvalue weighted by Crippen LogP contribution is -2.42. The Bertz CT molecular complexity index is 465. The molecule has 2 fully saturated rings. The lowest BCUT2D eigenvalue weighted by atomic mass is 10.1. The minimum Gasteiger partial charge on any atom is -0.357 e. The number of hydrogen-bond acceptors (Lipinski definition) is 4. The number of rotatable bonds is 5. The van der Waals surface area contributed by atoms with Crippen LogP contribution in [0.4, 0.5) is 0 Å². The van der Waals surface area contributed by atoms with E-state index in [1.807, 2.05) is 11.8 Å². The van der Waals surface area contributed by atoms with E-state index in [0.717, 1.165) is 24.2 Å². The predicted octanol–water partition coefficient (Wildman–Crippen LogP) is 1.26. The zero-order valence-corrected chi connectivity index (χ0v) is 14.6. The Kier molecular flexibility index (Phi) is 6.22. The van der Waals surface area contributed by atoms with E-state index in [0.29, 0.717) is 24.1 Å². The molecule has 2 aliphatic rings. The van der Waals surface area contributed by atoms with E-state index in [2.05, 4.69) is 28.8 Å². The minimum atomic E-state index is -2.80. The van der Waals surface area contributed by atoms with Gasteiger partial charge in [-0.2, -0.15) is 11.8 Å². The molecule has 1 aliphatic heterocycles. The number of aliphatic imine (C=N–C) groups is 1. The first-order valence-electron chi connectivity index (χ1n) is 7.80. The molecule has 2 rings (SSSR count). The fraction of sp³-hybridized carbons (Fsp3) is 0.929. The van der Waals surface area contributed by atoms with Crippen LogP contribution in [0.15, 0.2) is 4.99 Å². The van der Waals surface area contributed by atoms with Crippen molar-refractivity contribution in [1.29, 1.82) is 0 Å². The molecule has 0 aromatic carbocycles. The highest BCUT2D eigenvalue weighted by molar-refractivity contribution is 7.99. The van der Waals surface area contributed by atoms with Crippen molar-refractivity contribution in [1.82, 2.24) is 10.6 Å². The Morgan fingerprint density at radius 2 is 2.14 bits per heavy atom. The van der Waals surface area contributed by atoms with Gasteiger partial charge in [-0.05, 0) is 44.8 Å². The van der Waals surface area contributed by atoms with E-state index < -0.39 is 9.84 Å². The fourth-order valence-corrected chi connectivity index (χ4v) is 5.68. The molecule has 122 valence electrons. The molecule has 0 spiro atoms. The van der Waals surface area contributed by atoms with Gasteiger partial charge in [0.2, 0.25) is 0 Å². The number of sulfone groups is 1. The van der Waals surface area contributed by atoms with Crippen LogP contribution in [-0.2, 0) is 9.84 Å². The van der Waals surface area contributed by atoms with Gasteiger partial charge in [0.25, 0.3) is 0 Å². The zero-order chi connectivity index (χ0) is 15.3. The summed E-state index contributed by atoms with van der Waals surface area (Å²) in [5.41, 5.74) is 0. The molecule has 0 amide bonds. The van der Waals surface area contributed by atoms with Gasteiger partial charge in [0.15, 0.2) is 15.8 Å². The lowest BCUT2D eigenvalue weighted by Gasteiger charge is -2.17. The largest absolute Gasteiger partial charge is 0.357 e. The molecule has 1 saturated heterocycles. The Balaban J connectivity index is 1.85. The molecule has 3 atom stereocenters. The second-order valence-corrected chi connectivity index (χ2v) is 9.37. The standard InChI is InChI=1S/C14H27N3O2S2/c1-3-15-14(17-12-4-5-13(8-12)20-2)16-9-11-6-7-21(18,19)10-11/h11-13H,3-10H2,1-2H3,(H2,15,16,17). The smallest absolute Gasteiger partial charge is 0.191 e. The van der Waals surface area contributed by atoms with Crippen LogP contribution < -0.4 is 10.6 Å². The third-order valence-electron chi connectivity index (χ3n) is 4.24. The first-order chi connectivity index (χ1) is 10.0. The first kappa shape index (κ1) is 16.9. The molecule has 5 nitrogen and oxygen atoms in total. The molecular formula is C14H27N3O2S2. The number of thioether (sulfide) groups is 1. The molecular weight excluding hydrogens is 306 g/mol. The normalized spacial score (nSPS) is 32.3. The summed E-state index contributed by atoms with van der Waals surface area (Å²) in [6, 6.07) is 0.493. The second-order valence-electron chi connectivity index (χ2n) is 6.00. The minimum absolute atomic E-state index is 0.188. The highest BCUT2D eigenvalue weighted by Crippen LogP contribution is 2.28. The van der Waals surface area contributed by atoms with E-state index in [1.54, 1.807) is 0 Å². The summed E-state index contributed by atoms with van der Waals surface area (Å²) < 4.78 is 23.0. The van der Waals surface area contributed by atoms with E-state index in [1.165, 1.54) is 19.3 Å². The molecule has 7 heteroatoms. The number of nitrogens with one attached hydrogen (secondary N) is 2. The number of hydrogen-bond donors (Lipinski definition) is 2. The van der Waals surface area contributed by atoms with E-state index in [4.69, 9.17) is 0 Å². The predicted molar refractivity (Wildman–Crippen MR) is 90.8 cm³/mol. The van der Waals surface area contributed by atoms with Crippen LogP contribution in [-0.4, -0.2) is 56.5 Å². The summed E-state index contributed by atoms with van der Waals surface area (Å²) in [6.45, 7) is 3.48. The number of guanidine groups is 1. The first-order valence-corrected chi connectivity index (χ1v) is 10.9. The van der Waals surface area contributed by atoms with Gasteiger partial charge in [0.1, 0.15) is 0 Å². The van der Waals surface area contributed by atoms with Crippen LogP contribution in [0.3, 0.4) is 0 Å². The maximum absolute atomic E-state index is 11.5. The van der Waals surface area contributed by atoms with Gasteiger partial charge in [0.05, 0.1) is 11.5 Å². The summed E-state index contributed by atoms with van der Waals surface area (Å²) in [5.74, 6) is 1.66. The molecule has 1 saturated carbocycles. The summed E-state index contributed by atoms with van der Waals surface area (Å²) in [7, 11) is -2.80. The Morgan fingerprint density at radius 3 is 2.71 bits per heavy atom. The Hall–Kier alpha value is -0.430. The van der Waals surface area contributed by atoms with Crippen LogP contribution in [0.2, 0.25) is 0 Å². The average molecular weight is 334 g/mol. The molecule has 2 N–H and O–H groups in total. The van der Waals surface area contributed by atoms with Gasteiger partial charge in [0, 0.05) is 24.4 Å². The second kappa shape index (κ2) is 7.72. The topological polar surface area (TPSA) is 70.6 Å². The molecule has 0 aromatic heterocycles. The lowest BCUT2D eigenvalue weighted by molar-refractivity contribution is 0.582. The van der Waals surface area contributed by atoms with Crippen molar-refractivity contribution in [3.8, 4) is 0 Å². The van der Waals surface area contributed by atoms with Crippen molar-refractivity contribution in [3.05, 3.63) is 0 Å². The van der Waals surface area contributed by atoms with Crippen molar-refractivity contribution in [2.24, 2.45) is 10.9 Å². The molecule has 0 radical (unpaired) electrons. The third-order valence-corrected chi connectivity index (χ3v) is 7.17. The van der Waals surface area contributed by atoms with Crippen molar-refractivity contribution in [2.75, 3.05) is 30.9 Å². The van der Waals surface area contributed by atoms with Crippen LogP contribution >= 0.6 is 11.8 Å². The third kappa shape index (κ3) is 5.36. The quantitative estimate of drug-likeness (QED) is 0.585. The molecule has 0 aromatic rings. The van der Waals surface area contributed by atoms with Crippen LogP contribution in [0.5, 0.6) is 0 Å². The number of nitrogens with zero attached hydrogens (tertiary/aromatic N) is 1. The summed E-state index contributed by atoms with van der Waals surface area (Å²) in [5, 5.41) is 7.53. The van der Waals surface area contributed by atoms with Crippen LogP contribution in [0.1, 0.15) is 32.6 Å². The summed E-state index contributed by atoms with van der Waals surface area (Å²) >= 11 is 1.94. The summed E-state index contributed by atoms with van der Waals surface area (Å²) in [6.07, 6.45) is 6.56. The van der Waals surface area contributed by atoms with Crippen molar-refractivity contribution in [2.45, 2.75) is 43.9 Å². The summed E-state index contributed by atoms with van der Waals surface area (Å²) in [4.78, 5) is 4.60. The molecule has 0 bridgehead atoms. The highest BCUT2D eigenvalue weighted by atomic mass is 32.2. The fourth-order valence-electron chi connectivity index (χ4n) is 3.04. The molecule has 1 heterocycles. The zero-order valence-electron chi connectivity index (χ0n) is 13.0. The van der Waals surface area contributed by atoms with E-state index in [9.17, 15) is 8.42 Å². The average Bonchev–Trinajstić information content (AvgIpc) is 3.02. The Labute approximate surface area is 132 Å². The Morgan fingerprint density at radius 1 is 1.33 bits per heavy atom. The van der Waals surface area contributed by atoms with Gasteiger partial charge in [-0.15, -0.1) is 0 Å². The molecule has 21 heavy (non-hydrogen) atoms. The monoisotopic (exact) mass is 333 g/mol. The van der Waals surface area contributed by atoms with Gasteiger partial charge in [-0.3, -0.25) is 4.99 Å². The van der Waals surface area contributed by atoms with Gasteiger partial charge < -0.3 is 10.6 Å². The van der Waals surface area contributed by atoms with Crippen molar-refractivity contribution in [3.63, 3.8) is 0 Å². The van der Waals surface area contributed by atoms with Crippen molar-refractivity contribution >= 4 is 27.6 Å². The maximum atomic E-state index is 11.5. The van der Waals surface area contributed by atoms with Gasteiger partial charge in [-0.1, -0.05) is 0 Å².